The molecule has 2 bridgehead atoms. The first-order chi connectivity index (χ1) is 7.72. The molecule has 3 unspecified atom stereocenters. The molecule has 16 heavy (non-hydrogen) atoms. The zero-order valence-electron chi connectivity index (χ0n) is 9.77. The number of aliphatic hydroxyl groups is 1. The van der Waals surface area contributed by atoms with E-state index >= 15 is 0 Å². The van der Waals surface area contributed by atoms with Crippen LogP contribution in [-0.2, 0) is 4.79 Å². The second kappa shape index (κ2) is 4.02. The Morgan fingerprint density at radius 3 is 2.69 bits per heavy atom. The zero-order chi connectivity index (χ0) is 11.1. The van der Waals surface area contributed by atoms with Crippen LogP contribution in [0.1, 0.15) is 38.5 Å². The highest BCUT2D eigenvalue weighted by atomic mass is 16.3. The fourth-order valence-electron chi connectivity index (χ4n) is 3.95. The smallest absolute Gasteiger partial charge is 0.222 e. The van der Waals surface area contributed by atoms with E-state index in [9.17, 15) is 9.90 Å². The highest BCUT2D eigenvalue weighted by Crippen LogP contribution is 2.49. The maximum atomic E-state index is 12.0. The highest BCUT2D eigenvalue weighted by Gasteiger charge is 2.41. The fourth-order valence-corrected chi connectivity index (χ4v) is 3.95. The molecular weight excluding hydrogens is 202 g/mol. The lowest BCUT2D eigenvalue weighted by Crippen LogP contribution is -2.31. The SMILES string of the molecule is O=C(CC1CC2CCC1C2)N1CC[C@@H](O)C1. The van der Waals surface area contributed by atoms with Gasteiger partial charge in [-0.15, -0.1) is 0 Å². The molecule has 0 radical (unpaired) electrons. The Hall–Kier alpha value is -0.570. The van der Waals surface area contributed by atoms with Crippen molar-refractivity contribution in [1.82, 2.24) is 4.90 Å². The largest absolute Gasteiger partial charge is 0.391 e. The van der Waals surface area contributed by atoms with Crippen LogP contribution >= 0.6 is 0 Å². The standard InChI is InChI=1S/C13H21NO2/c15-12-3-4-14(8-12)13(16)7-11-6-9-1-2-10(11)5-9/h9-12,15H,1-8H2/t9?,10?,11?,12-/m1/s1. The molecule has 3 heteroatoms. The molecule has 1 heterocycles. The Labute approximate surface area is 96.8 Å². The fraction of sp³-hybridized carbons (Fsp3) is 0.923. The van der Waals surface area contributed by atoms with Crippen LogP contribution in [0.25, 0.3) is 0 Å². The summed E-state index contributed by atoms with van der Waals surface area (Å²) in [5.41, 5.74) is 0. The van der Waals surface area contributed by atoms with Crippen LogP contribution in [0.2, 0.25) is 0 Å². The minimum absolute atomic E-state index is 0.274. The molecule has 0 aromatic rings. The number of hydrogen-bond donors (Lipinski definition) is 1. The van der Waals surface area contributed by atoms with Gasteiger partial charge in [0.15, 0.2) is 0 Å². The minimum atomic E-state index is -0.274. The number of hydrogen-bond acceptors (Lipinski definition) is 2. The van der Waals surface area contributed by atoms with E-state index in [1.165, 1.54) is 25.7 Å². The Morgan fingerprint density at radius 2 is 2.12 bits per heavy atom. The van der Waals surface area contributed by atoms with E-state index in [1.54, 1.807) is 0 Å². The van der Waals surface area contributed by atoms with E-state index in [-0.39, 0.29) is 12.0 Å². The Morgan fingerprint density at radius 1 is 1.25 bits per heavy atom. The molecule has 1 saturated heterocycles. The molecule has 2 saturated carbocycles. The number of carbonyl (C=O) groups excluding carboxylic acids is 1. The maximum absolute atomic E-state index is 12.0. The van der Waals surface area contributed by atoms with Crippen LogP contribution in [-0.4, -0.2) is 35.1 Å². The summed E-state index contributed by atoms with van der Waals surface area (Å²) in [7, 11) is 0. The van der Waals surface area contributed by atoms with Crippen molar-refractivity contribution in [2.24, 2.45) is 17.8 Å². The Bertz CT molecular complexity index is 292. The molecule has 3 aliphatic rings. The third-order valence-corrected chi connectivity index (χ3v) is 4.84. The van der Waals surface area contributed by atoms with E-state index in [2.05, 4.69) is 0 Å². The van der Waals surface area contributed by atoms with Crippen molar-refractivity contribution in [3.05, 3.63) is 0 Å². The number of amides is 1. The quantitative estimate of drug-likeness (QED) is 0.769. The molecule has 3 fully saturated rings. The van der Waals surface area contributed by atoms with Crippen LogP contribution in [0.5, 0.6) is 0 Å². The van der Waals surface area contributed by atoms with Gasteiger partial charge in [0.05, 0.1) is 6.10 Å². The van der Waals surface area contributed by atoms with Gasteiger partial charge in [0, 0.05) is 19.5 Å². The van der Waals surface area contributed by atoms with Crippen LogP contribution < -0.4 is 0 Å². The van der Waals surface area contributed by atoms with Crippen molar-refractivity contribution < 1.29 is 9.90 Å². The van der Waals surface area contributed by atoms with E-state index in [0.717, 1.165) is 31.2 Å². The van der Waals surface area contributed by atoms with Gasteiger partial charge in [0.25, 0.3) is 0 Å². The molecule has 3 rings (SSSR count). The van der Waals surface area contributed by atoms with E-state index in [4.69, 9.17) is 0 Å². The summed E-state index contributed by atoms with van der Waals surface area (Å²) in [6.45, 7) is 1.33. The summed E-state index contributed by atoms with van der Waals surface area (Å²) < 4.78 is 0. The van der Waals surface area contributed by atoms with Crippen LogP contribution in [0.15, 0.2) is 0 Å². The van der Waals surface area contributed by atoms with Crippen molar-refractivity contribution in [2.45, 2.75) is 44.6 Å². The predicted molar refractivity (Wildman–Crippen MR) is 60.8 cm³/mol. The summed E-state index contributed by atoms with van der Waals surface area (Å²) >= 11 is 0. The molecule has 3 nitrogen and oxygen atoms in total. The number of carbonyl (C=O) groups is 1. The summed E-state index contributed by atoms with van der Waals surface area (Å²) in [5, 5.41) is 9.42. The number of fused-ring (bicyclic) bond motifs is 2. The zero-order valence-corrected chi connectivity index (χ0v) is 9.77. The number of likely N-dealkylation sites (tertiary alicyclic amines) is 1. The summed E-state index contributed by atoms with van der Waals surface area (Å²) in [5.74, 6) is 2.70. The van der Waals surface area contributed by atoms with Gasteiger partial charge in [-0.2, -0.15) is 0 Å². The first-order valence-electron chi connectivity index (χ1n) is 6.68. The molecule has 90 valence electrons. The number of rotatable bonds is 2. The average Bonchev–Trinajstić information content (AvgIpc) is 2.92. The number of nitrogens with zero attached hydrogens (tertiary/aromatic N) is 1. The van der Waals surface area contributed by atoms with Gasteiger partial charge >= 0.3 is 0 Å². The van der Waals surface area contributed by atoms with Gasteiger partial charge in [0.1, 0.15) is 0 Å². The van der Waals surface area contributed by atoms with Gasteiger partial charge < -0.3 is 10.0 Å². The van der Waals surface area contributed by atoms with E-state index in [1.807, 2.05) is 4.90 Å². The van der Waals surface area contributed by atoms with Crippen molar-refractivity contribution in [2.75, 3.05) is 13.1 Å². The Kier molecular flexibility index (Phi) is 2.66. The lowest BCUT2D eigenvalue weighted by atomic mass is 9.86. The van der Waals surface area contributed by atoms with Crippen molar-refractivity contribution in [3.8, 4) is 0 Å². The van der Waals surface area contributed by atoms with Crippen molar-refractivity contribution in [1.29, 1.82) is 0 Å². The first kappa shape index (κ1) is 10.6. The summed E-state index contributed by atoms with van der Waals surface area (Å²) in [4.78, 5) is 13.9. The van der Waals surface area contributed by atoms with Crippen LogP contribution in [0, 0.1) is 17.8 Å². The third-order valence-electron chi connectivity index (χ3n) is 4.84. The third kappa shape index (κ3) is 1.86. The maximum Gasteiger partial charge on any atom is 0.222 e. The molecular formula is C13H21NO2. The lowest BCUT2D eigenvalue weighted by Gasteiger charge is -2.24. The topological polar surface area (TPSA) is 40.5 Å². The summed E-state index contributed by atoms with van der Waals surface area (Å²) in [6, 6.07) is 0. The van der Waals surface area contributed by atoms with Gasteiger partial charge in [-0.25, -0.2) is 0 Å². The van der Waals surface area contributed by atoms with Crippen LogP contribution in [0.3, 0.4) is 0 Å². The second-order valence-corrected chi connectivity index (χ2v) is 5.92. The average molecular weight is 223 g/mol. The molecule has 1 amide bonds. The van der Waals surface area contributed by atoms with Gasteiger partial charge in [-0.05, 0) is 43.4 Å². The molecule has 0 aromatic carbocycles. The Balaban J connectivity index is 1.53. The van der Waals surface area contributed by atoms with Gasteiger partial charge in [-0.1, -0.05) is 6.42 Å². The second-order valence-electron chi connectivity index (χ2n) is 5.92. The summed E-state index contributed by atoms with van der Waals surface area (Å²) in [6.07, 6.45) is 6.65. The molecule has 2 aliphatic carbocycles. The van der Waals surface area contributed by atoms with E-state index in [0.29, 0.717) is 12.5 Å². The highest BCUT2D eigenvalue weighted by molar-refractivity contribution is 5.76. The van der Waals surface area contributed by atoms with Crippen LogP contribution in [0.4, 0.5) is 0 Å². The molecule has 4 atom stereocenters. The molecule has 1 aliphatic heterocycles. The normalized spacial score (nSPS) is 41.9. The first-order valence-corrected chi connectivity index (χ1v) is 6.68. The van der Waals surface area contributed by atoms with E-state index < -0.39 is 0 Å². The molecule has 0 spiro atoms. The van der Waals surface area contributed by atoms with Crippen molar-refractivity contribution >= 4 is 5.91 Å². The minimum Gasteiger partial charge on any atom is -0.391 e. The van der Waals surface area contributed by atoms with Crippen molar-refractivity contribution in [3.63, 3.8) is 0 Å². The number of aliphatic hydroxyl groups excluding tert-OH is 1. The van der Waals surface area contributed by atoms with Gasteiger partial charge in [0.2, 0.25) is 5.91 Å². The predicted octanol–water partition coefficient (Wildman–Crippen LogP) is 1.41. The van der Waals surface area contributed by atoms with Gasteiger partial charge in [-0.3, -0.25) is 4.79 Å². The lowest BCUT2D eigenvalue weighted by molar-refractivity contribution is -0.131. The molecule has 1 N–H and O–H groups in total. The monoisotopic (exact) mass is 223 g/mol. The number of β-amino-alcohol motifs (C(OH)–C–C–N with tert-alkyl or cyclic N) is 1. The molecule has 0 aromatic heterocycles.